The molecule has 0 unspecified atom stereocenters. The fraction of sp³-hybridized carbons (Fsp3) is 0.360. The smallest absolute Gasteiger partial charge is 0.412 e. The van der Waals surface area contributed by atoms with E-state index in [4.69, 9.17) is 9.47 Å². The van der Waals surface area contributed by atoms with Gasteiger partial charge in [0.05, 0.1) is 7.11 Å². The summed E-state index contributed by atoms with van der Waals surface area (Å²) in [6.07, 6.45) is 1.88. The van der Waals surface area contributed by atoms with Crippen LogP contribution in [0.25, 0.3) is 5.70 Å². The third-order valence-electron chi connectivity index (χ3n) is 4.78. The lowest BCUT2D eigenvalue weighted by Crippen LogP contribution is -2.43. The van der Waals surface area contributed by atoms with Gasteiger partial charge in [-0.3, -0.25) is 10.1 Å². The summed E-state index contributed by atoms with van der Waals surface area (Å²) in [5.74, 6) is 0.573. The van der Waals surface area contributed by atoms with Gasteiger partial charge in [0.25, 0.3) is 0 Å². The molecule has 6 nitrogen and oxygen atoms in total. The van der Waals surface area contributed by atoms with Crippen molar-refractivity contribution in [3.63, 3.8) is 0 Å². The Hall–Kier alpha value is -3.28. The Morgan fingerprint density at radius 3 is 2.55 bits per heavy atom. The number of anilines is 1. The molecule has 1 aliphatic rings. The van der Waals surface area contributed by atoms with Gasteiger partial charge in [0.15, 0.2) is 5.78 Å². The lowest BCUT2D eigenvalue weighted by Gasteiger charge is -2.35. The molecule has 164 valence electrons. The van der Waals surface area contributed by atoms with Crippen LogP contribution in [0.1, 0.15) is 56.1 Å². The van der Waals surface area contributed by atoms with Crippen molar-refractivity contribution in [3.05, 3.63) is 65.2 Å². The van der Waals surface area contributed by atoms with Crippen molar-refractivity contribution in [2.75, 3.05) is 12.4 Å². The minimum atomic E-state index is -0.601. The van der Waals surface area contributed by atoms with Crippen LogP contribution in [0.4, 0.5) is 10.5 Å². The number of ether oxygens (including phenoxy) is 2. The zero-order valence-electron chi connectivity index (χ0n) is 19.0. The highest BCUT2D eigenvalue weighted by Gasteiger charge is 2.28. The predicted octanol–water partition coefficient (Wildman–Crippen LogP) is 5.19. The van der Waals surface area contributed by atoms with Gasteiger partial charge in [-0.2, -0.15) is 0 Å². The van der Waals surface area contributed by atoms with Gasteiger partial charge in [-0.1, -0.05) is 18.2 Å². The highest BCUT2D eigenvalue weighted by molar-refractivity contribution is 6.09. The number of ketones is 1. The second kappa shape index (κ2) is 8.46. The molecule has 2 aromatic carbocycles. The first-order valence-electron chi connectivity index (χ1n) is 10.3. The van der Waals surface area contributed by atoms with Crippen molar-refractivity contribution in [2.45, 2.75) is 52.2 Å². The lowest BCUT2D eigenvalue weighted by molar-refractivity contribution is 0.0635. The molecule has 0 saturated heterocycles. The molecule has 6 heteroatoms. The SMILES string of the molecule is COc1ccc2c(c1)/C(=C/C(=O)c1cccc(NC(=O)OC(C)(C)C)c1)NC(C)(C)C2. The molecule has 3 rings (SSSR count). The van der Waals surface area contributed by atoms with E-state index >= 15 is 0 Å². The maximum atomic E-state index is 13.1. The summed E-state index contributed by atoms with van der Waals surface area (Å²) in [6, 6.07) is 12.7. The molecule has 1 amide bonds. The van der Waals surface area contributed by atoms with Gasteiger partial charge < -0.3 is 14.8 Å². The molecule has 0 aliphatic carbocycles. The van der Waals surface area contributed by atoms with Crippen molar-refractivity contribution in [1.29, 1.82) is 0 Å². The molecule has 0 aromatic heterocycles. The number of amides is 1. The van der Waals surface area contributed by atoms with E-state index < -0.39 is 11.7 Å². The number of allylic oxidation sites excluding steroid dienone is 1. The summed E-state index contributed by atoms with van der Waals surface area (Å²) in [5, 5.41) is 6.14. The summed E-state index contributed by atoms with van der Waals surface area (Å²) in [7, 11) is 1.62. The van der Waals surface area contributed by atoms with E-state index in [2.05, 4.69) is 24.5 Å². The van der Waals surface area contributed by atoms with E-state index in [1.807, 2.05) is 18.2 Å². The molecule has 0 radical (unpaired) electrons. The van der Waals surface area contributed by atoms with E-state index in [9.17, 15) is 9.59 Å². The van der Waals surface area contributed by atoms with Crippen molar-refractivity contribution in [2.24, 2.45) is 0 Å². The Labute approximate surface area is 183 Å². The summed E-state index contributed by atoms with van der Waals surface area (Å²) >= 11 is 0. The maximum Gasteiger partial charge on any atom is 0.412 e. The number of carbonyl (C=O) groups excluding carboxylic acids is 2. The van der Waals surface area contributed by atoms with Crippen molar-refractivity contribution >= 4 is 23.3 Å². The van der Waals surface area contributed by atoms with Gasteiger partial charge in [0.1, 0.15) is 11.4 Å². The number of rotatable bonds is 4. The van der Waals surface area contributed by atoms with Gasteiger partial charge in [-0.25, -0.2) is 4.79 Å². The van der Waals surface area contributed by atoms with Gasteiger partial charge in [-0.05, 0) is 70.9 Å². The maximum absolute atomic E-state index is 13.1. The van der Waals surface area contributed by atoms with Crippen LogP contribution < -0.4 is 15.4 Å². The van der Waals surface area contributed by atoms with Crippen LogP contribution in [0, 0.1) is 0 Å². The van der Waals surface area contributed by atoms with Gasteiger partial charge >= 0.3 is 6.09 Å². The highest BCUT2D eigenvalue weighted by Crippen LogP contribution is 2.32. The Kier molecular flexibility index (Phi) is 6.11. The van der Waals surface area contributed by atoms with Crippen LogP contribution in [-0.4, -0.2) is 30.1 Å². The van der Waals surface area contributed by atoms with E-state index in [1.54, 1.807) is 58.2 Å². The minimum absolute atomic E-state index is 0.165. The molecule has 2 aromatic rings. The molecule has 1 heterocycles. The van der Waals surface area contributed by atoms with E-state index in [1.165, 1.54) is 0 Å². The third-order valence-corrected chi connectivity index (χ3v) is 4.78. The molecule has 0 bridgehead atoms. The molecular formula is C25H30N2O4. The Bertz CT molecular complexity index is 1030. The number of carbonyl (C=O) groups is 2. The van der Waals surface area contributed by atoms with Gasteiger partial charge in [-0.15, -0.1) is 0 Å². The number of fused-ring (bicyclic) bond motifs is 1. The molecule has 0 saturated carbocycles. The first-order valence-corrected chi connectivity index (χ1v) is 10.3. The molecule has 0 spiro atoms. The second-order valence-corrected chi connectivity index (χ2v) is 9.34. The number of hydrogen-bond donors (Lipinski definition) is 2. The van der Waals surface area contributed by atoms with Crippen LogP contribution in [0.15, 0.2) is 48.5 Å². The van der Waals surface area contributed by atoms with Crippen LogP contribution in [0.5, 0.6) is 5.75 Å². The fourth-order valence-electron chi connectivity index (χ4n) is 3.54. The summed E-state index contributed by atoms with van der Waals surface area (Å²) in [6.45, 7) is 9.59. The quantitative estimate of drug-likeness (QED) is 0.524. The van der Waals surface area contributed by atoms with Gasteiger partial charge in [0.2, 0.25) is 0 Å². The normalized spacial score (nSPS) is 16.1. The fourth-order valence-corrected chi connectivity index (χ4v) is 3.54. The van der Waals surface area contributed by atoms with Crippen LogP contribution in [0.3, 0.4) is 0 Å². The Balaban J connectivity index is 1.88. The summed E-state index contributed by atoms with van der Waals surface area (Å²) in [4.78, 5) is 25.1. The molecule has 0 fully saturated rings. The Morgan fingerprint density at radius 2 is 1.87 bits per heavy atom. The number of nitrogens with one attached hydrogen (secondary N) is 2. The van der Waals surface area contributed by atoms with E-state index in [0.29, 0.717) is 11.3 Å². The van der Waals surface area contributed by atoms with Crippen LogP contribution in [0.2, 0.25) is 0 Å². The third kappa shape index (κ3) is 5.87. The molecule has 0 atom stereocenters. The average molecular weight is 423 g/mol. The monoisotopic (exact) mass is 422 g/mol. The summed E-state index contributed by atoms with van der Waals surface area (Å²) in [5.41, 5.74) is 3.04. The molecule has 2 N–H and O–H groups in total. The van der Waals surface area contributed by atoms with Crippen molar-refractivity contribution < 1.29 is 19.1 Å². The summed E-state index contributed by atoms with van der Waals surface area (Å²) < 4.78 is 10.6. The average Bonchev–Trinajstić information content (AvgIpc) is 2.65. The van der Waals surface area contributed by atoms with Crippen molar-refractivity contribution in [3.8, 4) is 5.75 Å². The number of methoxy groups -OCH3 is 1. The zero-order chi connectivity index (χ0) is 22.8. The van der Waals surface area contributed by atoms with E-state index in [0.717, 1.165) is 29.0 Å². The van der Waals surface area contributed by atoms with Gasteiger partial charge in [0, 0.05) is 34.1 Å². The minimum Gasteiger partial charge on any atom is -0.497 e. The zero-order valence-corrected chi connectivity index (χ0v) is 19.0. The second-order valence-electron chi connectivity index (χ2n) is 9.34. The topological polar surface area (TPSA) is 76.7 Å². The first kappa shape index (κ1) is 22.4. The molecule has 1 aliphatic heterocycles. The van der Waals surface area contributed by atoms with Crippen LogP contribution >= 0.6 is 0 Å². The standard InChI is InChI=1S/C25H30N2O4/c1-24(2,3)31-23(29)26-18-9-7-8-16(12-18)22(28)14-21-20-13-19(30-6)11-10-17(20)15-25(4,5)27-21/h7-14,27H,15H2,1-6H3,(H,26,29)/b21-14-. The molecular weight excluding hydrogens is 392 g/mol. The Morgan fingerprint density at radius 1 is 1.13 bits per heavy atom. The van der Waals surface area contributed by atoms with Crippen LogP contribution in [-0.2, 0) is 11.2 Å². The largest absolute Gasteiger partial charge is 0.497 e. The first-order chi connectivity index (χ1) is 14.5. The van der Waals surface area contributed by atoms with Crippen molar-refractivity contribution in [1.82, 2.24) is 5.32 Å². The lowest BCUT2D eigenvalue weighted by atomic mass is 9.85. The van der Waals surface area contributed by atoms with E-state index in [-0.39, 0.29) is 11.3 Å². The predicted molar refractivity (Wildman–Crippen MR) is 123 cm³/mol. The molecule has 31 heavy (non-hydrogen) atoms. The highest BCUT2D eigenvalue weighted by atomic mass is 16.6. The number of hydrogen-bond acceptors (Lipinski definition) is 5. The number of benzene rings is 2.